The van der Waals surface area contributed by atoms with Crippen molar-refractivity contribution in [3.63, 3.8) is 0 Å². The molecule has 1 aromatic carbocycles. The predicted molar refractivity (Wildman–Crippen MR) is 112 cm³/mol. The average molecular weight is 444 g/mol. The van der Waals surface area contributed by atoms with Gasteiger partial charge in [-0.2, -0.15) is 0 Å². The first-order valence-corrected chi connectivity index (χ1v) is 11.0. The van der Waals surface area contributed by atoms with Crippen molar-refractivity contribution in [2.24, 2.45) is 0 Å². The Balaban J connectivity index is 1.45. The van der Waals surface area contributed by atoms with Crippen LogP contribution in [0.4, 0.5) is 0 Å². The third-order valence-corrected chi connectivity index (χ3v) is 7.59. The van der Waals surface area contributed by atoms with Crippen LogP contribution in [-0.2, 0) is 26.2 Å². The fourth-order valence-electron chi connectivity index (χ4n) is 6.06. The number of nitrogens with zero attached hydrogens (tertiary/aromatic N) is 1. The van der Waals surface area contributed by atoms with E-state index in [4.69, 9.17) is 9.47 Å². The monoisotopic (exact) mass is 444 g/mol. The molecule has 1 amide bonds. The zero-order valence-electron chi connectivity index (χ0n) is 18.1. The van der Waals surface area contributed by atoms with E-state index in [9.17, 15) is 24.9 Å². The Bertz CT molecular complexity index is 1020. The highest BCUT2D eigenvalue weighted by Gasteiger charge is 2.72. The smallest absolute Gasteiger partial charge is 0.312 e. The number of likely N-dealkylation sites (tertiary alicyclic amines) is 1. The first-order chi connectivity index (χ1) is 15.2. The van der Waals surface area contributed by atoms with E-state index in [-0.39, 0.29) is 24.8 Å². The maximum Gasteiger partial charge on any atom is 0.312 e. The molecule has 0 aromatic heterocycles. The highest BCUT2D eigenvalue weighted by Crippen LogP contribution is 2.65. The lowest BCUT2D eigenvalue weighted by molar-refractivity contribution is -0.169. The van der Waals surface area contributed by atoms with Gasteiger partial charge in [-0.25, -0.2) is 0 Å². The summed E-state index contributed by atoms with van der Waals surface area (Å²) >= 11 is 0. The Morgan fingerprint density at radius 3 is 2.94 bits per heavy atom. The summed E-state index contributed by atoms with van der Waals surface area (Å²) < 4.78 is 11.9. The number of hydrogen-bond donors (Lipinski definition) is 4. The number of hydrogen-bond acceptors (Lipinski definition) is 8. The molecule has 5 atom stereocenters. The van der Waals surface area contributed by atoms with Gasteiger partial charge in [0.2, 0.25) is 5.91 Å². The SMILES string of the molecule is C[C@H](O)C(=O)NCCC(=O)OC1=CC[C@@]2(O)[C@H]3Cc4ccc(O)c5c4[C@@]2(CCN3C)[C@H]1O5. The maximum absolute atomic E-state index is 12.5. The molecule has 0 saturated carbocycles. The van der Waals surface area contributed by atoms with E-state index in [1.807, 2.05) is 13.1 Å². The van der Waals surface area contributed by atoms with Crippen molar-refractivity contribution in [1.82, 2.24) is 10.2 Å². The summed E-state index contributed by atoms with van der Waals surface area (Å²) in [6.07, 6.45) is 1.32. The third kappa shape index (κ3) is 2.74. The van der Waals surface area contributed by atoms with Crippen molar-refractivity contribution in [3.8, 4) is 11.5 Å². The van der Waals surface area contributed by atoms with Gasteiger partial charge in [0.15, 0.2) is 17.6 Å². The molecule has 2 bridgehead atoms. The minimum absolute atomic E-state index is 0.0127. The zero-order chi connectivity index (χ0) is 22.8. The molecule has 0 radical (unpaired) electrons. The third-order valence-electron chi connectivity index (χ3n) is 7.59. The topological polar surface area (TPSA) is 129 Å². The second kappa shape index (κ2) is 7.19. The van der Waals surface area contributed by atoms with E-state index in [2.05, 4.69) is 10.2 Å². The molecular weight excluding hydrogens is 416 g/mol. The number of piperidine rings is 1. The number of benzene rings is 1. The minimum atomic E-state index is -1.15. The van der Waals surface area contributed by atoms with Crippen molar-refractivity contribution in [1.29, 1.82) is 0 Å². The summed E-state index contributed by atoms with van der Waals surface area (Å²) in [4.78, 5) is 26.2. The number of aliphatic hydroxyl groups is 2. The van der Waals surface area contributed by atoms with Crippen LogP contribution in [-0.4, -0.2) is 76.1 Å². The molecule has 32 heavy (non-hydrogen) atoms. The van der Waals surface area contributed by atoms with Gasteiger partial charge in [0.25, 0.3) is 0 Å². The van der Waals surface area contributed by atoms with Gasteiger partial charge < -0.3 is 35.0 Å². The van der Waals surface area contributed by atoms with Gasteiger partial charge in [-0.15, -0.1) is 0 Å². The molecule has 2 aliphatic carbocycles. The van der Waals surface area contributed by atoms with Gasteiger partial charge in [-0.05, 0) is 51.1 Å². The van der Waals surface area contributed by atoms with Crippen LogP contribution in [0, 0.1) is 0 Å². The first kappa shape index (κ1) is 21.2. The molecule has 5 rings (SSSR count). The van der Waals surface area contributed by atoms with Crippen molar-refractivity contribution >= 4 is 11.9 Å². The Morgan fingerprint density at radius 2 is 2.19 bits per heavy atom. The van der Waals surface area contributed by atoms with Crippen LogP contribution in [0.1, 0.15) is 37.3 Å². The number of carbonyl (C=O) groups is 2. The van der Waals surface area contributed by atoms with E-state index in [0.717, 1.165) is 17.7 Å². The average Bonchev–Trinajstić information content (AvgIpc) is 3.10. The molecule has 4 aliphatic rings. The summed E-state index contributed by atoms with van der Waals surface area (Å²) in [6.45, 7) is 2.13. The Hall–Kier alpha value is -2.62. The van der Waals surface area contributed by atoms with Gasteiger partial charge in [0, 0.05) is 24.6 Å². The second-order valence-electron chi connectivity index (χ2n) is 9.29. The number of aliphatic hydroxyl groups excluding tert-OH is 1. The lowest BCUT2D eigenvalue weighted by atomic mass is 9.50. The number of carbonyl (C=O) groups excluding carboxylic acids is 2. The molecule has 1 saturated heterocycles. The summed E-state index contributed by atoms with van der Waals surface area (Å²) in [5.74, 6) is -0.405. The molecule has 0 unspecified atom stereocenters. The van der Waals surface area contributed by atoms with Crippen LogP contribution in [0.3, 0.4) is 0 Å². The van der Waals surface area contributed by atoms with Gasteiger partial charge in [-0.1, -0.05) is 6.07 Å². The van der Waals surface area contributed by atoms with E-state index in [1.165, 1.54) is 6.92 Å². The number of aromatic hydroxyl groups is 1. The number of phenols is 1. The molecule has 172 valence electrons. The molecule has 2 heterocycles. The Kier molecular flexibility index (Phi) is 4.77. The van der Waals surface area contributed by atoms with Gasteiger partial charge in [0.1, 0.15) is 11.9 Å². The number of likely N-dealkylation sites (N-methyl/N-ethyl adjacent to an activating group) is 1. The standard InChI is InChI=1S/C23H28N2O7/c1-12(26)21(29)24-9-6-17(28)31-15-5-7-23(30)16-11-13-3-4-14(27)19-18(13)22(23,20(15)32-19)8-10-25(16)2/h3-5,12,16,20,26-27,30H,6-11H2,1-2H3,(H,24,29)/t12-,16+,20-,22-,23+/m0/s1. The highest BCUT2D eigenvalue weighted by atomic mass is 16.6. The number of rotatable bonds is 5. The van der Waals surface area contributed by atoms with Gasteiger partial charge in [0.05, 0.1) is 17.4 Å². The summed E-state index contributed by atoms with van der Waals surface area (Å²) in [6, 6.07) is 3.39. The lowest BCUT2D eigenvalue weighted by Crippen LogP contribution is -2.74. The Morgan fingerprint density at radius 1 is 1.41 bits per heavy atom. The van der Waals surface area contributed by atoms with E-state index in [1.54, 1.807) is 12.1 Å². The van der Waals surface area contributed by atoms with Crippen molar-refractivity contribution < 1.29 is 34.4 Å². The molecule has 2 aliphatic heterocycles. The van der Waals surface area contributed by atoms with Crippen LogP contribution >= 0.6 is 0 Å². The highest BCUT2D eigenvalue weighted by molar-refractivity contribution is 5.80. The second-order valence-corrected chi connectivity index (χ2v) is 9.29. The lowest BCUT2D eigenvalue weighted by Gasteiger charge is -2.61. The Labute approximate surface area is 185 Å². The van der Waals surface area contributed by atoms with Crippen molar-refractivity contribution in [3.05, 3.63) is 35.1 Å². The van der Waals surface area contributed by atoms with Crippen LogP contribution in [0.2, 0.25) is 0 Å². The fraction of sp³-hybridized carbons (Fsp3) is 0.565. The normalized spacial score (nSPS) is 32.9. The summed E-state index contributed by atoms with van der Waals surface area (Å²) in [5, 5.41) is 34.2. The van der Waals surface area contributed by atoms with Crippen molar-refractivity contribution in [2.75, 3.05) is 20.1 Å². The van der Waals surface area contributed by atoms with Crippen LogP contribution < -0.4 is 10.1 Å². The van der Waals surface area contributed by atoms with E-state index >= 15 is 0 Å². The van der Waals surface area contributed by atoms with E-state index < -0.39 is 35.1 Å². The quantitative estimate of drug-likeness (QED) is 0.471. The number of ether oxygens (including phenoxy) is 2. The largest absolute Gasteiger partial charge is 0.504 e. The first-order valence-electron chi connectivity index (χ1n) is 11.0. The number of nitrogens with one attached hydrogen (secondary N) is 1. The molecule has 1 aromatic rings. The summed E-state index contributed by atoms with van der Waals surface area (Å²) in [5.41, 5.74) is -0.0515. The summed E-state index contributed by atoms with van der Waals surface area (Å²) in [7, 11) is 2.01. The fourth-order valence-corrected chi connectivity index (χ4v) is 6.06. The molecule has 4 N–H and O–H groups in total. The molecule has 1 fully saturated rings. The molecular formula is C23H28N2O7. The number of esters is 1. The van der Waals surface area contributed by atoms with E-state index in [0.29, 0.717) is 30.8 Å². The predicted octanol–water partition coefficient (Wildman–Crippen LogP) is 0.100. The van der Waals surface area contributed by atoms with Crippen LogP contribution in [0.15, 0.2) is 24.0 Å². The molecule has 9 heteroatoms. The molecule has 1 spiro atoms. The van der Waals surface area contributed by atoms with Crippen molar-refractivity contribution in [2.45, 2.75) is 61.9 Å². The zero-order valence-corrected chi connectivity index (χ0v) is 18.1. The van der Waals surface area contributed by atoms with Gasteiger partial charge in [-0.3, -0.25) is 9.59 Å². The van der Waals surface area contributed by atoms with Crippen LogP contribution in [0.5, 0.6) is 11.5 Å². The minimum Gasteiger partial charge on any atom is -0.504 e. The number of amides is 1. The molecule has 9 nitrogen and oxygen atoms in total. The number of phenolic OH excluding ortho intramolecular Hbond substituents is 1. The maximum atomic E-state index is 12.5. The van der Waals surface area contributed by atoms with Crippen LogP contribution in [0.25, 0.3) is 0 Å². The van der Waals surface area contributed by atoms with Gasteiger partial charge >= 0.3 is 5.97 Å².